The summed E-state index contributed by atoms with van der Waals surface area (Å²) in [6.07, 6.45) is 7.12. The van der Waals surface area contributed by atoms with Gasteiger partial charge in [0.1, 0.15) is 5.75 Å². The number of phenolic OH excluding ortho intramolecular Hbond substituents is 1. The molecule has 3 atom stereocenters. The highest BCUT2D eigenvalue weighted by molar-refractivity contribution is 5.83. The molecule has 1 amide bonds. The van der Waals surface area contributed by atoms with Gasteiger partial charge in [0.2, 0.25) is 5.91 Å². The van der Waals surface area contributed by atoms with Crippen molar-refractivity contribution < 1.29 is 19.4 Å². The van der Waals surface area contributed by atoms with Crippen LogP contribution >= 0.6 is 0 Å². The summed E-state index contributed by atoms with van der Waals surface area (Å²) in [5, 5.41) is 9.42. The summed E-state index contributed by atoms with van der Waals surface area (Å²) in [6, 6.07) is 6.75. The number of benzene rings is 1. The van der Waals surface area contributed by atoms with E-state index in [0.717, 1.165) is 31.5 Å². The maximum atomic E-state index is 12.8. The van der Waals surface area contributed by atoms with Crippen LogP contribution in [0.4, 0.5) is 0 Å². The average molecular weight is 357 g/mol. The first-order valence-electron chi connectivity index (χ1n) is 9.44. The summed E-state index contributed by atoms with van der Waals surface area (Å²) in [5.41, 5.74) is 0.910. The van der Waals surface area contributed by atoms with Gasteiger partial charge in [0.15, 0.2) is 0 Å². The van der Waals surface area contributed by atoms with Crippen LogP contribution < -0.4 is 0 Å². The number of carbonyl (C=O) groups excluding carboxylic acids is 2. The van der Waals surface area contributed by atoms with Crippen LogP contribution in [-0.2, 0) is 20.7 Å². The molecule has 140 valence electrons. The molecule has 1 aliphatic carbocycles. The largest absolute Gasteiger partial charge is 0.508 e. The van der Waals surface area contributed by atoms with Crippen LogP contribution in [0.25, 0.3) is 0 Å². The van der Waals surface area contributed by atoms with E-state index < -0.39 is 5.92 Å². The third-order valence-electron chi connectivity index (χ3n) is 5.43. The average Bonchev–Trinajstić information content (AvgIpc) is 3.07. The molecule has 1 N–H and O–H groups in total. The maximum Gasteiger partial charge on any atom is 0.309 e. The highest BCUT2D eigenvalue weighted by Gasteiger charge is 2.36. The molecule has 1 saturated heterocycles. The number of rotatable bonds is 6. The molecular weight excluding hydrogens is 330 g/mol. The Morgan fingerprint density at radius 1 is 1.15 bits per heavy atom. The standard InChI is InChI=1S/C21H27NO4/c1-2-26-21(25)18(11-15-7-9-19(23)10-8-15)12-20(24)22-13-16-5-3-4-6-17(16)14-22/h3-4,7-10,16-18,23H,2,5-6,11-14H2,1H3/t16-,17+,18?. The molecule has 0 spiro atoms. The van der Waals surface area contributed by atoms with Crippen LogP contribution in [0, 0.1) is 17.8 Å². The van der Waals surface area contributed by atoms with Gasteiger partial charge in [0, 0.05) is 19.5 Å². The minimum absolute atomic E-state index is 0.0382. The molecule has 2 aliphatic rings. The van der Waals surface area contributed by atoms with Crippen molar-refractivity contribution in [1.29, 1.82) is 0 Å². The molecule has 1 fully saturated rings. The zero-order valence-electron chi connectivity index (χ0n) is 15.3. The number of esters is 1. The Kier molecular flexibility index (Phi) is 5.96. The predicted molar refractivity (Wildman–Crippen MR) is 98.5 cm³/mol. The quantitative estimate of drug-likeness (QED) is 0.628. The Morgan fingerprint density at radius 3 is 2.35 bits per heavy atom. The number of allylic oxidation sites excluding steroid dienone is 2. The molecular formula is C21H27NO4. The van der Waals surface area contributed by atoms with Gasteiger partial charge in [0.25, 0.3) is 0 Å². The van der Waals surface area contributed by atoms with Gasteiger partial charge in [0.05, 0.1) is 12.5 Å². The van der Waals surface area contributed by atoms with E-state index >= 15 is 0 Å². The lowest BCUT2D eigenvalue weighted by molar-refractivity contribution is -0.151. The van der Waals surface area contributed by atoms with Crippen LogP contribution in [0.3, 0.4) is 0 Å². The van der Waals surface area contributed by atoms with Crippen LogP contribution in [-0.4, -0.2) is 41.6 Å². The maximum absolute atomic E-state index is 12.8. The van der Waals surface area contributed by atoms with E-state index in [1.54, 1.807) is 31.2 Å². The molecule has 1 unspecified atom stereocenters. The number of hydrogen-bond acceptors (Lipinski definition) is 4. The number of nitrogens with zero attached hydrogens (tertiary/aromatic N) is 1. The van der Waals surface area contributed by atoms with Gasteiger partial charge in [-0.25, -0.2) is 0 Å². The first kappa shape index (κ1) is 18.5. The van der Waals surface area contributed by atoms with Gasteiger partial charge in [-0.05, 0) is 55.7 Å². The lowest BCUT2D eigenvalue weighted by Gasteiger charge is -2.20. The number of fused-ring (bicyclic) bond motifs is 1. The van der Waals surface area contributed by atoms with Crippen molar-refractivity contribution in [3.05, 3.63) is 42.0 Å². The normalized spacial score (nSPS) is 22.7. The topological polar surface area (TPSA) is 66.8 Å². The Labute approximate surface area is 154 Å². The van der Waals surface area contributed by atoms with E-state index in [1.165, 1.54) is 0 Å². The Bertz CT molecular complexity index is 651. The predicted octanol–water partition coefficient (Wildman–Crippen LogP) is 2.93. The van der Waals surface area contributed by atoms with Crippen LogP contribution in [0.15, 0.2) is 36.4 Å². The first-order chi connectivity index (χ1) is 12.6. The number of phenols is 1. The molecule has 1 aromatic carbocycles. The number of ether oxygens (including phenoxy) is 1. The second-order valence-electron chi connectivity index (χ2n) is 7.29. The number of likely N-dealkylation sites (tertiary alicyclic amines) is 1. The molecule has 0 saturated carbocycles. The van der Waals surface area contributed by atoms with Crippen molar-refractivity contribution in [2.75, 3.05) is 19.7 Å². The van der Waals surface area contributed by atoms with Gasteiger partial charge < -0.3 is 14.7 Å². The summed E-state index contributed by atoms with van der Waals surface area (Å²) >= 11 is 0. The summed E-state index contributed by atoms with van der Waals surface area (Å²) in [4.78, 5) is 27.1. The van der Waals surface area contributed by atoms with Crippen molar-refractivity contribution in [2.24, 2.45) is 17.8 Å². The van der Waals surface area contributed by atoms with Crippen LogP contribution in [0.1, 0.15) is 31.7 Å². The fourth-order valence-electron chi connectivity index (χ4n) is 3.97. The fourth-order valence-corrected chi connectivity index (χ4v) is 3.97. The van der Waals surface area contributed by atoms with Crippen molar-refractivity contribution in [3.8, 4) is 5.75 Å². The van der Waals surface area contributed by atoms with Crippen LogP contribution in [0.5, 0.6) is 5.75 Å². The van der Waals surface area contributed by atoms with Crippen molar-refractivity contribution in [2.45, 2.75) is 32.6 Å². The van der Waals surface area contributed by atoms with Gasteiger partial charge in [-0.3, -0.25) is 9.59 Å². The SMILES string of the molecule is CCOC(=O)C(CC(=O)N1C[C@H]2CC=CC[C@H]2C1)Cc1ccc(O)cc1. The zero-order valence-corrected chi connectivity index (χ0v) is 15.3. The second-order valence-corrected chi connectivity index (χ2v) is 7.29. The minimum atomic E-state index is -0.493. The molecule has 1 heterocycles. The minimum Gasteiger partial charge on any atom is -0.508 e. The molecule has 0 aromatic heterocycles. The van der Waals surface area contributed by atoms with E-state index in [0.29, 0.717) is 24.9 Å². The molecule has 3 rings (SSSR count). The summed E-state index contributed by atoms with van der Waals surface area (Å²) < 4.78 is 5.19. The van der Waals surface area contributed by atoms with Crippen molar-refractivity contribution in [3.63, 3.8) is 0 Å². The third-order valence-corrected chi connectivity index (χ3v) is 5.43. The molecule has 5 nitrogen and oxygen atoms in total. The van der Waals surface area contributed by atoms with Crippen molar-refractivity contribution >= 4 is 11.9 Å². The summed E-state index contributed by atoms with van der Waals surface area (Å²) in [5.74, 6) is 0.520. The molecule has 1 aliphatic heterocycles. The molecule has 1 aromatic rings. The van der Waals surface area contributed by atoms with Crippen LogP contribution in [0.2, 0.25) is 0 Å². The van der Waals surface area contributed by atoms with Gasteiger partial charge in [-0.1, -0.05) is 24.3 Å². The number of hydrogen-bond donors (Lipinski definition) is 1. The van der Waals surface area contributed by atoms with E-state index in [4.69, 9.17) is 4.74 Å². The Balaban J connectivity index is 1.64. The Morgan fingerprint density at radius 2 is 1.77 bits per heavy atom. The molecule has 5 heteroatoms. The first-order valence-corrected chi connectivity index (χ1v) is 9.44. The number of aromatic hydroxyl groups is 1. The highest BCUT2D eigenvalue weighted by atomic mass is 16.5. The highest BCUT2D eigenvalue weighted by Crippen LogP contribution is 2.33. The van der Waals surface area contributed by atoms with Crippen molar-refractivity contribution in [1.82, 2.24) is 4.90 Å². The smallest absolute Gasteiger partial charge is 0.309 e. The zero-order chi connectivity index (χ0) is 18.5. The van der Waals surface area contributed by atoms with E-state index in [1.807, 2.05) is 4.90 Å². The third kappa shape index (κ3) is 4.45. The lowest BCUT2D eigenvalue weighted by atomic mass is 9.86. The lowest BCUT2D eigenvalue weighted by Crippen LogP contribution is -2.33. The molecule has 0 bridgehead atoms. The fraction of sp³-hybridized carbons (Fsp3) is 0.524. The monoisotopic (exact) mass is 357 g/mol. The van der Waals surface area contributed by atoms with Gasteiger partial charge in [-0.2, -0.15) is 0 Å². The van der Waals surface area contributed by atoms with Gasteiger partial charge in [-0.15, -0.1) is 0 Å². The summed E-state index contributed by atoms with van der Waals surface area (Å²) in [6.45, 7) is 3.67. The number of carbonyl (C=O) groups is 2. The molecule has 26 heavy (non-hydrogen) atoms. The number of amides is 1. The van der Waals surface area contributed by atoms with E-state index in [9.17, 15) is 14.7 Å². The van der Waals surface area contributed by atoms with E-state index in [2.05, 4.69) is 12.2 Å². The van der Waals surface area contributed by atoms with Gasteiger partial charge >= 0.3 is 5.97 Å². The Hall–Kier alpha value is -2.30. The molecule has 0 radical (unpaired) electrons. The second kappa shape index (κ2) is 8.39. The summed E-state index contributed by atoms with van der Waals surface area (Å²) in [7, 11) is 0. The van der Waals surface area contributed by atoms with E-state index in [-0.39, 0.29) is 24.0 Å².